The number of ether oxygens (including phenoxy) is 4. The molecular weight excluding hydrogens is 388 g/mol. The zero-order chi connectivity index (χ0) is 21.6. The topological polar surface area (TPSA) is 88.1 Å². The number of carbonyl (C=O) groups is 3. The Labute approximate surface area is 176 Å². The Bertz CT molecular complexity index is 878. The van der Waals surface area contributed by atoms with Gasteiger partial charge in [0.15, 0.2) is 0 Å². The van der Waals surface area contributed by atoms with Crippen LogP contribution < -0.4 is 9.47 Å². The van der Waals surface area contributed by atoms with Crippen LogP contribution in [0.2, 0.25) is 0 Å². The normalized spacial score (nSPS) is 33.9. The Balaban J connectivity index is 1.62. The van der Waals surface area contributed by atoms with Gasteiger partial charge in [0, 0.05) is 38.2 Å². The molecule has 2 fully saturated rings. The minimum atomic E-state index is -0.447. The van der Waals surface area contributed by atoms with E-state index < -0.39 is 12.2 Å². The molecule has 0 N–H and O–H groups in total. The van der Waals surface area contributed by atoms with Crippen LogP contribution in [0.15, 0.2) is 18.2 Å². The van der Waals surface area contributed by atoms with Crippen molar-refractivity contribution in [2.24, 2.45) is 17.3 Å². The van der Waals surface area contributed by atoms with Crippen molar-refractivity contribution in [3.8, 4) is 11.5 Å². The number of carbonyl (C=O) groups excluding carboxylic acids is 3. The summed E-state index contributed by atoms with van der Waals surface area (Å²) >= 11 is 0. The summed E-state index contributed by atoms with van der Waals surface area (Å²) in [6, 6.07) is 5.56. The first-order valence-electron chi connectivity index (χ1n) is 10.5. The van der Waals surface area contributed by atoms with E-state index in [0.29, 0.717) is 24.7 Å². The fourth-order valence-electron chi connectivity index (χ4n) is 5.92. The van der Waals surface area contributed by atoms with Crippen LogP contribution in [0.25, 0.3) is 0 Å². The number of rotatable bonds is 3. The second-order valence-electron chi connectivity index (χ2n) is 8.94. The van der Waals surface area contributed by atoms with Gasteiger partial charge in [-0.05, 0) is 42.7 Å². The second-order valence-corrected chi connectivity index (χ2v) is 8.94. The fraction of sp³-hybridized carbons (Fsp3) is 0.609. The average molecular weight is 416 g/mol. The average Bonchev–Trinajstić information content (AvgIpc) is 2.92. The van der Waals surface area contributed by atoms with Crippen LogP contribution in [0.1, 0.15) is 58.4 Å². The largest absolute Gasteiger partial charge is 0.493 e. The van der Waals surface area contributed by atoms with E-state index in [4.69, 9.17) is 18.9 Å². The molecule has 162 valence electrons. The quantitative estimate of drug-likeness (QED) is 0.551. The van der Waals surface area contributed by atoms with Crippen LogP contribution in [0.4, 0.5) is 0 Å². The molecule has 4 rings (SSSR count). The zero-order valence-corrected chi connectivity index (χ0v) is 17.8. The summed E-state index contributed by atoms with van der Waals surface area (Å²) in [5.74, 6) is 0.878. The van der Waals surface area contributed by atoms with E-state index in [2.05, 4.69) is 6.92 Å². The van der Waals surface area contributed by atoms with E-state index in [0.717, 1.165) is 24.2 Å². The third-order valence-corrected chi connectivity index (χ3v) is 7.04. The lowest BCUT2D eigenvalue weighted by Gasteiger charge is -2.49. The predicted molar refractivity (Wildman–Crippen MR) is 106 cm³/mol. The molecule has 1 heterocycles. The van der Waals surface area contributed by atoms with Crippen molar-refractivity contribution in [2.75, 3.05) is 6.61 Å². The van der Waals surface area contributed by atoms with E-state index in [9.17, 15) is 14.4 Å². The molecule has 0 spiro atoms. The summed E-state index contributed by atoms with van der Waals surface area (Å²) in [4.78, 5) is 34.7. The minimum Gasteiger partial charge on any atom is -0.493 e. The Morgan fingerprint density at radius 1 is 1.07 bits per heavy atom. The first-order chi connectivity index (χ1) is 14.2. The lowest BCUT2D eigenvalue weighted by atomic mass is 9.58. The van der Waals surface area contributed by atoms with E-state index in [1.54, 1.807) is 12.1 Å². The van der Waals surface area contributed by atoms with Gasteiger partial charge < -0.3 is 18.9 Å². The van der Waals surface area contributed by atoms with E-state index in [1.807, 2.05) is 6.07 Å². The number of hydrogen-bond donors (Lipinski definition) is 0. The standard InChI is InChI=1S/C23H28O7/c1-12(24)28-15-5-6-17-16-7-8-23(4)19(18(16)11-27-20(17)9-15)10-21(29-13(2)25)22(23)30-14(3)26/h5-6,9,16,18-19,21-22H,7-8,10-11H2,1-4H3/t16-,18-,19+,21-,22+,23+/m1/s1. The maximum Gasteiger partial charge on any atom is 0.308 e. The Kier molecular flexibility index (Phi) is 5.24. The number of esters is 3. The van der Waals surface area contributed by atoms with Gasteiger partial charge in [-0.3, -0.25) is 14.4 Å². The van der Waals surface area contributed by atoms with Crippen molar-refractivity contribution in [3.05, 3.63) is 23.8 Å². The molecular formula is C23H28O7. The molecule has 30 heavy (non-hydrogen) atoms. The smallest absolute Gasteiger partial charge is 0.308 e. The molecule has 7 nitrogen and oxygen atoms in total. The minimum absolute atomic E-state index is 0.200. The maximum absolute atomic E-state index is 11.8. The first kappa shape index (κ1) is 20.7. The highest BCUT2D eigenvalue weighted by Gasteiger charge is 2.61. The van der Waals surface area contributed by atoms with Crippen molar-refractivity contribution in [2.45, 2.75) is 65.1 Å². The van der Waals surface area contributed by atoms with Crippen molar-refractivity contribution in [1.29, 1.82) is 0 Å². The Morgan fingerprint density at radius 2 is 1.80 bits per heavy atom. The molecule has 2 aliphatic carbocycles. The van der Waals surface area contributed by atoms with Crippen molar-refractivity contribution < 1.29 is 33.3 Å². The van der Waals surface area contributed by atoms with Gasteiger partial charge >= 0.3 is 17.9 Å². The van der Waals surface area contributed by atoms with E-state index >= 15 is 0 Å². The van der Waals surface area contributed by atoms with Crippen molar-refractivity contribution in [1.82, 2.24) is 0 Å². The molecule has 0 radical (unpaired) electrons. The van der Waals surface area contributed by atoms with Crippen LogP contribution in [0.5, 0.6) is 11.5 Å². The lowest BCUT2D eigenvalue weighted by molar-refractivity contribution is -0.171. The molecule has 2 saturated carbocycles. The van der Waals surface area contributed by atoms with Gasteiger partial charge in [-0.25, -0.2) is 0 Å². The third-order valence-electron chi connectivity index (χ3n) is 7.04. The van der Waals surface area contributed by atoms with Gasteiger partial charge in [0.1, 0.15) is 23.7 Å². The van der Waals surface area contributed by atoms with Gasteiger partial charge in [-0.1, -0.05) is 13.0 Å². The first-order valence-corrected chi connectivity index (χ1v) is 10.5. The molecule has 0 amide bonds. The van der Waals surface area contributed by atoms with Gasteiger partial charge in [0.05, 0.1) is 6.61 Å². The summed E-state index contributed by atoms with van der Waals surface area (Å²) in [6.45, 7) is 6.83. The molecule has 6 atom stereocenters. The van der Waals surface area contributed by atoms with E-state index in [1.165, 1.54) is 20.8 Å². The lowest BCUT2D eigenvalue weighted by Crippen LogP contribution is -2.48. The molecule has 1 aliphatic heterocycles. The second kappa shape index (κ2) is 7.60. The maximum atomic E-state index is 11.8. The number of fused-ring (bicyclic) bond motifs is 5. The third kappa shape index (κ3) is 3.55. The van der Waals surface area contributed by atoms with Crippen molar-refractivity contribution >= 4 is 17.9 Å². The highest BCUT2D eigenvalue weighted by molar-refractivity contribution is 5.69. The fourth-order valence-corrected chi connectivity index (χ4v) is 5.92. The zero-order valence-electron chi connectivity index (χ0n) is 17.8. The van der Waals surface area contributed by atoms with Gasteiger partial charge in [0.25, 0.3) is 0 Å². The molecule has 3 aliphatic rings. The number of hydrogen-bond acceptors (Lipinski definition) is 7. The highest BCUT2D eigenvalue weighted by Crippen LogP contribution is 2.61. The van der Waals surface area contributed by atoms with Crippen LogP contribution >= 0.6 is 0 Å². The SMILES string of the molecule is CC(=O)Oc1ccc2c(c1)OC[C@@H]1[C@@H]2CC[C@@]2(C)[C@H]1C[C@@H](OC(C)=O)[C@@H]2OC(C)=O. The van der Waals surface area contributed by atoms with Crippen molar-refractivity contribution in [3.63, 3.8) is 0 Å². The Morgan fingerprint density at radius 3 is 2.47 bits per heavy atom. The molecule has 0 bridgehead atoms. The molecule has 1 aromatic rings. The highest BCUT2D eigenvalue weighted by atomic mass is 16.6. The molecule has 1 aromatic carbocycles. The Hall–Kier alpha value is -2.57. The predicted octanol–water partition coefficient (Wildman–Crippen LogP) is 3.39. The molecule has 0 saturated heterocycles. The molecule has 7 heteroatoms. The van der Waals surface area contributed by atoms with Crippen LogP contribution in [-0.4, -0.2) is 36.7 Å². The monoisotopic (exact) mass is 416 g/mol. The molecule has 0 unspecified atom stereocenters. The summed E-state index contributed by atoms with van der Waals surface area (Å²) in [5, 5.41) is 0. The van der Waals surface area contributed by atoms with E-state index in [-0.39, 0.29) is 35.2 Å². The van der Waals surface area contributed by atoms with Gasteiger partial charge in [-0.15, -0.1) is 0 Å². The summed E-state index contributed by atoms with van der Waals surface area (Å²) in [6.07, 6.45) is 1.55. The summed E-state index contributed by atoms with van der Waals surface area (Å²) in [5.41, 5.74) is 0.843. The van der Waals surface area contributed by atoms with Gasteiger partial charge in [0.2, 0.25) is 0 Å². The summed E-state index contributed by atoms with van der Waals surface area (Å²) < 4.78 is 22.6. The summed E-state index contributed by atoms with van der Waals surface area (Å²) in [7, 11) is 0. The van der Waals surface area contributed by atoms with Crippen LogP contribution in [-0.2, 0) is 23.9 Å². The van der Waals surface area contributed by atoms with Crippen LogP contribution in [0, 0.1) is 17.3 Å². The van der Waals surface area contributed by atoms with Gasteiger partial charge in [-0.2, -0.15) is 0 Å². The van der Waals surface area contributed by atoms with Crippen LogP contribution in [0.3, 0.4) is 0 Å². The molecule has 0 aromatic heterocycles. The number of benzene rings is 1.